The van der Waals surface area contributed by atoms with Gasteiger partial charge in [0.05, 0.1) is 6.54 Å². The standard InChI is InChI=1S/C38H55N7O6/c1-26(29-12-6-3-7-13-29)24-41-25-33(46)42-31(22-27-10-4-2-5-11-27)34(47)44-32(23-28-15-16-28)35(48)43-30(14-8-9-19-39)36(49)45-20-17-38(40,18-21-45)37(50)51/h2-7,10-13,26,28,30-32,41H,8-9,14-25,39-40H2,1H3,(H,42,46)(H,43,48)(H,44,47)(H,50,51)/t26-,30+,31+,32+/m0/s1. The Kier molecular flexibility index (Phi) is 15.0. The number of nitrogens with one attached hydrogen (secondary N) is 4. The van der Waals surface area contributed by atoms with Gasteiger partial charge in [-0.25, -0.2) is 0 Å². The smallest absolute Gasteiger partial charge is 0.323 e. The summed E-state index contributed by atoms with van der Waals surface area (Å²) in [6.45, 7) is 3.42. The molecule has 2 fully saturated rings. The van der Waals surface area contributed by atoms with Crippen LogP contribution in [-0.2, 0) is 30.4 Å². The number of carboxylic acids is 1. The van der Waals surface area contributed by atoms with Gasteiger partial charge in [-0.3, -0.25) is 24.0 Å². The minimum absolute atomic E-state index is 0.0164. The van der Waals surface area contributed by atoms with E-state index in [1.807, 2.05) is 60.7 Å². The van der Waals surface area contributed by atoms with Crippen LogP contribution in [0.5, 0.6) is 0 Å². The van der Waals surface area contributed by atoms with Crippen molar-refractivity contribution in [3.8, 4) is 0 Å². The Bertz CT molecular complexity index is 1450. The number of hydrogen-bond acceptors (Lipinski definition) is 8. The molecule has 278 valence electrons. The summed E-state index contributed by atoms with van der Waals surface area (Å²) in [5, 5.41) is 21.4. The number of carboxylic acid groups (broad SMARTS) is 1. The molecule has 9 N–H and O–H groups in total. The Morgan fingerprint density at radius 2 is 1.47 bits per heavy atom. The zero-order chi connectivity index (χ0) is 36.8. The molecule has 51 heavy (non-hydrogen) atoms. The summed E-state index contributed by atoms with van der Waals surface area (Å²) in [4.78, 5) is 67.7. The Morgan fingerprint density at radius 3 is 2.08 bits per heavy atom. The number of nitrogens with zero attached hydrogens (tertiary/aromatic N) is 1. The number of nitrogens with two attached hydrogens (primary N) is 2. The molecule has 2 aromatic rings. The molecule has 2 aliphatic rings. The van der Waals surface area contributed by atoms with Crippen molar-refractivity contribution in [2.24, 2.45) is 17.4 Å². The van der Waals surface area contributed by atoms with Gasteiger partial charge in [0.2, 0.25) is 23.6 Å². The number of carbonyl (C=O) groups excluding carboxylic acids is 4. The highest BCUT2D eigenvalue weighted by molar-refractivity contribution is 5.94. The van der Waals surface area contributed by atoms with E-state index in [9.17, 15) is 29.1 Å². The lowest BCUT2D eigenvalue weighted by Crippen LogP contribution is -2.60. The van der Waals surface area contributed by atoms with Crippen LogP contribution in [0.15, 0.2) is 60.7 Å². The summed E-state index contributed by atoms with van der Waals surface area (Å²) in [7, 11) is 0. The highest BCUT2D eigenvalue weighted by atomic mass is 16.4. The summed E-state index contributed by atoms with van der Waals surface area (Å²) in [5.74, 6) is -2.26. The summed E-state index contributed by atoms with van der Waals surface area (Å²) >= 11 is 0. The second-order valence-corrected chi connectivity index (χ2v) is 14.1. The van der Waals surface area contributed by atoms with Gasteiger partial charge in [-0.2, -0.15) is 0 Å². The van der Waals surface area contributed by atoms with E-state index < -0.39 is 41.4 Å². The fourth-order valence-corrected chi connectivity index (χ4v) is 6.38. The molecule has 13 nitrogen and oxygen atoms in total. The van der Waals surface area contributed by atoms with E-state index in [-0.39, 0.29) is 62.5 Å². The van der Waals surface area contributed by atoms with Crippen molar-refractivity contribution < 1.29 is 29.1 Å². The normalized spacial score (nSPS) is 17.7. The molecular weight excluding hydrogens is 650 g/mol. The first-order valence-corrected chi connectivity index (χ1v) is 18.2. The Morgan fingerprint density at radius 1 is 0.863 bits per heavy atom. The van der Waals surface area contributed by atoms with Crippen LogP contribution in [0, 0.1) is 5.92 Å². The largest absolute Gasteiger partial charge is 0.480 e. The summed E-state index contributed by atoms with van der Waals surface area (Å²) in [6, 6.07) is 16.6. The second-order valence-electron chi connectivity index (χ2n) is 14.1. The van der Waals surface area contributed by atoms with Crippen LogP contribution in [0.4, 0.5) is 0 Å². The average molecular weight is 706 g/mol. The number of hydrogen-bond donors (Lipinski definition) is 7. The summed E-state index contributed by atoms with van der Waals surface area (Å²) < 4.78 is 0. The fourth-order valence-electron chi connectivity index (χ4n) is 6.38. The highest BCUT2D eigenvalue weighted by Gasteiger charge is 2.41. The van der Waals surface area contributed by atoms with Crippen molar-refractivity contribution >= 4 is 29.6 Å². The number of aliphatic carboxylic acids is 1. The molecule has 1 saturated heterocycles. The monoisotopic (exact) mass is 705 g/mol. The van der Waals surface area contributed by atoms with Gasteiger partial charge in [-0.05, 0) is 68.0 Å². The quantitative estimate of drug-likeness (QED) is 0.0993. The lowest BCUT2D eigenvalue weighted by atomic mass is 9.88. The Balaban J connectivity index is 1.42. The first-order chi connectivity index (χ1) is 24.5. The van der Waals surface area contributed by atoms with Gasteiger partial charge >= 0.3 is 5.97 Å². The number of piperidine rings is 1. The molecule has 2 aromatic carbocycles. The van der Waals surface area contributed by atoms with Gasteiger partial charge < -0.3 is 42.7 Å². The summed E-state index contributed by atoms with van der Waals surface area (Å²) in [6.07, 6.45) is 4.32. The molecule has 1 aliphatic carbocycles. The molecule has 1 saturated carbocycles. The van der Waals surface area contributed by atoms with E-state index in [1.165, 1.54) is 0 Å². The van der Waals surface area contributed by atoms with Crippen LogP contribution < -0.4 is 32.7 Å². The minimum atomic E-state index is -1.39. The van der Waals surface area contributed by atoms with Gasteiger partial charge in [-0.15, -0.1) is 0 Å². The number of unbranched alkanes of at least 4 members (excludes halogenated alkanes) is 1. The molecule has 13 heteroatoms. The molecule has 0 bridgehead atoms. The summed E-state index contributed by atoms with van der Waals surface area (Å²) in [5.41, 5.74) is 12.3. The predicted octanol–water partition coefficient (Wildman–Crippen LogP) is 1.41. The third-order valence-corrected chi connectivity index (χ3v) is 9.89. The molecule has 1 heterocycles. The Hall–Kier alpha value is -4.33. The van der Waals surface area contributed by atoms with Crippen LogP contribution in [0.1, 0.15) is 75.3 Å². The van der Waals surface area contributed by atoms with Gasteiger partial charge in [0.15, 0.2) is 0 Å². The van der Waals surface area contributed by atoms with Crippen LogP contribution in [0.25, 0.3) is 0 Å². The van der Waals surface area contributed by atoms with Gasteiger partial charge in [0.1, 0.15) is 23.7 Å². The van der Waals surface area contributed by atoms with Gasteiger partial charge in [0, 0.05) is 26.1 Å². The molecular formula is C38H55N7O6. The van der Waals surface area contributed by atoms with E-state index in [2.05, 4.69) is 28.2 Å². The van der Waals surface area contributed by atoms with E-state index >= 15 is 0 Å². The maximum atomic E-state index is 13.9. The molecule has 4 atom stereocenters. The van der Waals surface area contributed by atoms with Crippen molar-refractivity contribution in [2.45, 2.75) is 94.3 Å². The fraction of sp³-hybridized carbons (Fsp3) is 0.553. The van der Waals surface area contributed by atoms with Gasteiger partial charge in [-0.1, -0.05) is 80.4 Å². The van der Waals surface area contributed by atoms with E-state index in [4.69, 9.17) is 11.5 Å². The van der Waals surface area contributed by atoms with E-state index in [0.29, 0.717) is 38.8 Å². The maximum absolute atomic E-state index is 13.9. The number of benzene rings is 2. The average Bonchev–Trinajstić information content (AvgIpc) is 3.95. The van der Waals surface area contributed by atoms with E-state index in [0.717, 1.165) is 24.0 Å². The van der Waals surface area contributed by atoms with Crippen LogP contribution in [-0.4, -0.2) is 96.0 Å². The Labute approximate surface area is 300 Å². The molecule has 0 spiro atoms. The third kappa shape index (κ3) is 12.4. The predicted molar refractivity (Wildman–Crippen MR) is 194 cm³/mol. The van der Waals surface area contributed by atoms with Crippen molar-refractivity contribution in [1.29, 1.82) is 0 Å². The van der Waals surface area contributed by atoms with Crippen molar-refractivity contribution in [3.05, 3.63) is 71.8 Å². The number of amides is 4. The van der Waals surface area contributed by atoms with Crippen molar-refractivity contribution in [3.63, 3.8) is 0 Å². The number of carbonyl (C=O) groups is 5. The van der Waals surface area contributed by atoms with Crippen LogP contribution in [0.2, 0.25) is 0 Å². The van der Waals surface area contributed by atoms with Crippen molar-refractivity contribution in [2.75, 3.05) is 32.7 Å². The first kappa shape index (κ1) is 39.5. The van der Waals surface area contributed by atoms with Gasteiger partial charge in [0.25, 0.3) is 0 Å². The molecule has 0 radical (unpaired) electrons. The molecule has 1 aliphatic heterocycles. The highest BCUT2D eigenvalue weighted by Crippen LogP contribution is 2.33. The maximum Gasteiger partial charge on any atom is 0.323 e. The third-order valence-electron chi connectivity index (χ3n) is 9.89. The number of rotatable bonds is 20. The zero-order valence-electron chi connectivity index (χ0n) is 29.7. The lowest BCUT2D eigenvalue weighted by Gasteiger charge is -2.38. The zero-order valence-corrected chi connectivity index (χ0v) is 29.7. The lowest BCUT2D eigenvalue weighted by molar-refractivity contribution is -0.148. The first-order valence-electron chi connectivity index (χ1n) is 18.2. The molecule has 4 rings (SSSR count). The SMILES string of the molecule is C[C@@H](CNCC(=O)N[C@H](Cc1ccccc1)C(=O)N[C@H](CC1CC1)C(=O)N[C@H](CCCCN)C(=O)N1CCC(N)(C(=O)O)CC1)c1ccccc1. The van der Waals surface area contributed by atoms with E-state index in [1.54, 1.807) is 4.90 Å². The minimum Gasteiger partial charge on any atom is -0.480 e. The van der Waals surface area contributed by atoms with Crippen LogP contribution >= 0.6 is 0 Å². The molecule has 4 amide bonds. The topological polar surface area (TPSA) is 209 Å². The van der Waals surface area contributed by atoms with Crippen LogP contribution in [0.3, 0.4) is 0 Å². The second kappa shape index (κ2) is 19.3. The van der Waals surface area contributed by atoms with Crippen molar-refractivity contribution in [1.82, 2.24) is 26.2 Å². The number of likely N-dealkylation sites (tertiary alicyclic amines) is 1. The molecule has 0 unspecified atom stereocenters. The molecule has 0 aromatic heterocycles.